The zero-order valence-electron chi connectivity index (χ0n) is 14.5. The SMILES string of the molecule is COc1ccc(SCCC(=O)Nc2nc3c(C)c(C)ccc3s2)cc1. The van der Waals surface area contributed by atoms with Crippen molar-refractivity contribution in [2.45, 2.75) is 25.2 Å². The minimum atomic E-state index is -0.00515. The molecule has 0 atom stereocenters. The number of benzene rings is 2. The summed E-state index contributed by atoms with van der Waals surface area (Å²) in [6.45, 7) is 4.14. The minimum absolute atomic E-state index is 0.00515. The molecule has 6 heteroatoms. The molecule has 0 unspecified atom stereocenters. The molecule has 4 nitrogen and oxygen atoms in total. The van der Waals surface area contributed by atoms with Gasteiger partial charge in [-0.25, -0.2) is 4.98 Å². The third-order valence-electron chi connectivity index (χ3n) is 3.99. The molecule has 0 aliphatic carbocycles. The van der Waals surface area contributed by atoms with Gasteiger partial charge in [-0.2, -0.15) is 0 Å². The molecule has 3 aromatic rings. The van der Waals surface area contributed by atoms with E-state index >= 15 is 0 Å². The molecule has 0 saturated carbocycles. The summed E-state index contributed by atoms with van der Waals surface area (Å²) >= 11 is 3.17. The summed E-state index contributed by atoms with van der Waals surface area (Å²) in [5, 5.41) is 3.59. The Morgan fingerprint density at radius 2 is 1.96 bits per heavy atom. The lowest BCUT2D eigenvalue weighted by Crippen LogP contribution is -2.11. The number of carbonyl (C=O) groups is 1. The number of nitrogens with one attached hydrogen (secondary N) is 1. The highest BCUT2D eigenvalue weighted by Crippen LogP contribution is 2.30. The Hall–Kier alpha value is -2.05. The third kappa shape index (κ3) is 4.32. The van der Waals surface area contributed by atoms with Crippen molar-refractivity contribution in [3.8, 4) is 5.75 Å². The fraction of sp³-hybridized carbons (Fsp3) is 0.263. The summed E-state index contributed by atoms with van der Waals surface area (Å²) in [6.07, 6.45) is 0.449. The van der Waals surface area contributed by atoms with Crippen LogP contribution in [0.25, 0.3) is 10.2 Å². The second-order valence-corrected chi connectivity index (χ2v) is 7.89. The number of anilines is 1. The third-order valence-corrected chi connectivity index (χ3v) is 5.94. The number of hydrogen-bond donors (Lipinski definition) is 1. The summed E-state index contributed by atoms with van der Waals surface area (Å²) in [5.41, 5.74) is 3.36. The quantitative estimate of drug-likeness (QED) is 0.616. The van der Waals surface area contributed by atoms with Crippen LogP contribution in [-0.2, 0) is 4.79 Å². The molecule has 0 fully saturated rings. The molecule has 0 saturated heterocycles. The number of hydrogen-bond acceptors (Lipinski definition) is 5. The molecule has 0 aliphatic heterocycles. The summed E-state index contributed by atoms with van der Waals surface area (Å²) in [6, 6.07) is 12.0. The van der Waals surface area contributed by atoms with Gasteiger partial charge in [0.15, 0.2) is 5.13 Å². The lowest BCUT2D eigenvalue weighted by molar-refractivity contribution is -0.115. The average molecular weight is 373 g/mol. The predicted molar refractivity (Wildman–Crippen MR) is 106 cm³/mol. The molecule has 0 bridgehead atoms. The van der Waals surface area contributed by atoms with Gasteiger partial charge in [-0.05, 0) is 55.3 Å². The highest BCUT2D eigenvalue weighted by atomic mass is 32.2. The van der Waals surface area contributed by atoms with E-state index in [0.717, 1.165) is 26.6 Å². The van der Waals surface area contributed by atoms with Crippen molar-refractivity contribution in [3.63, 3.8) is 0 Å². The molecule has 1 amide bonds. The smallest absolute Gasteiger partial charge is 0.226 e. The van der Waals surface area contributed by atoms with Crippen molar-refractivity contribution in [2.75, 3.05) is 18.2 Å². The maximum atomic E-state index is 12.2. The molecule has 0 aliphatic rings. The molecule has 3 rings (SSSR count). The van der Waals surface area contributed by atoms with E-state index in [2.05, 4.69) is 36.3 Å². The number of aromatic nitrogens is 1. The average Bonchev–Trinajstić information content (AvgIpc) is 3.02. The molecular weight excluding hydrogens is 352 g/mol. The lowest BCUT2D eigenvalue weighted by Gasteiger charge is -2.04. The summed E-state index contributed by atoms with van der Waals surface area (Å²) in [4.78, 5) is 17.8. The van der Waals surface area contributed by atoms with Crippen LogP contribution in [0.2, 0.25) is 0 Å². The second kappa shape index (κ2) is 7.89. The fourth-order valence-electron chi connectivity index (χ4n) is 2.39. The van der Waals surface area contributed by atoms with Crippen LogP contribution in [0.3, 0.4) is 0 Å². The van der Waals surface area contributed by atoms with Gasteiger partial charge in [0.2, 0.25) is 5.91 Å². The van der Waals surface area contributed by atoms with Gasteiger partial charge >= 0.3 is 0 Å². The van der Waals surface area contributed by atoms with Crippen LogP contribution >= 0.6 is 23.1 Å². The highest BCUT2D eigenvalue weighted by molar-refractivity contribution is 7.99. The number of nitrogens with zero attached hydrogens (tertiary/aromatic N) is 1. The normalized spacial score (nSPS) is 10.8. The van der Waals surface area contributed by atoms with Crippen molar-refractivity contribution in [3.05, 3.63) is 47.5 Å². The van der Waals surface area contributed by atoms with E-state index in [-0.39, 0.29) is 5.91 Å². The van der Waals surface area contributed by atoms with Gasteiger partial charge in [0, 0.05) is 17.1 Å². The molecule has 0 radical (unpaired) electrons. The molecule has 2 aromatic carbocycles. The highest BCUT2D eigenvalue weighted by Gasteiger charge is 2.10. The number of ether oxygens (including phenoxy) is 1. The first-order valence-corrected chi connectivity index (χ1v) is 9.80. The minimum Gasteiger partial charge on any atom is -0.497 e. The maximum Gasteiger partial charge on any atom is 0.226 e. The van der Waals surface area contributed by atoms with Crippen molar-refractivity contribution < 1.29 is 9.53 Å². The number of thiazole rings is 1. The molecule has 1 N–H and O–H groups in total. The van der Waals surface area contributed by atoms with Crippen molar-refractivity contribution in [1.29, 1.82) is 0 Å². The van der Waals surface area contributed by atoms with Crippen LogP contribution in [0.15, 0.2) is 41.3 Å². The number of methoxy groups -OCH3 is 1. The van der Waals surface area contributed by atoms with E-state index in [1.54, 1.807) is 18.9 Å². The van der Waals surface area contributed by atoms with Crippen LogP contribution in [0.4, 0.5) is 5.13 Å². The maximum absolute atomic E-state index is 12.2. The Balaban J connectivity index is 1.54. The van der Waals surface area contributed by atoms with Gasteiger partial charge in [0.25, 0.3) is 0 Å². The molecular formula is C19H20N2O2S2. The zero-order valence-corrected chi connectivity index (χ0v) is 16.1. The number of rotatable bonds is 6. The Morgan fingerprint density at radius 1 is 1.20 bits per heavy atom. The van der Waals surface area contributed by atoms with Crippen LogP contribution in [-0.4, -0.2) is 23.8 Å². The van der Waals surface area contributed by atoms with Crippen molar-refractivity contribution >= 4 is 44.4 Å². The van der Waals surface area contributed by atoms with E-state index in [1.807, 2.05) is 24.3 Å². The number of amides is 1. The first-order chi connectivity index (χ1) is 12.1. The molecule has 25 heavy (non-hydrogen) atoms. The summed E-state index contributed by atoms with van der Waals surface area (Å²) in [5.74, 6) is 1.55. The lowest BCUT2D eigenvalue weighted by atomic mass is 10.1. The molecule has 1 heterocycles. The number of fused-ring (bicyclic) bond motifs is 1. The van der Waals surface area contributed by atoms with Crippen LogP contribution in [0.5, 0.6) is 5.75 Å². The van der Waals surface area contributed by atoms with Gasteiger partial charge in [-0.3, -0.25) is 4.79 Å². The van der Waals surface area contributed by atoms with E-state index < -0.39 is 0 Å². The summed E-state index contributed by atoms with van der Waals surface area (Å²) < 4.78 is 6.24. The molecule has 130 valence electrons. The Bertz CT molecular complexity index is 888. The predicted octanol–water partition coefficient (Wildman–Crippen LogP) is 5.04. The largest absolute Gasteiger partial charge is 0.497 e. The topological polar surface area (TPSA) is 51.2 Å². The van der Waals surface area contributed by atoms with Gasteiger partial charge in [-0.15, -0.1) is 11.8 Å². The van der Waals surface area contributed by atoms with Crippen molar-refractivity contribution in [1.82, 2.24) is 4.98 Å². The second-order valence-electron chi connectivity index (χ2n) is 5.70. The summed E-state index contributed by atoms with van der Waals surface area (Å²) in [7, 11) is 1.65. The van der Waals surface area contributed by atoms with E-state index in [1.165, 1.54) is 22.5 Å². The van der Waals surface area contributed by atoms with E-state index in [4.69, 9.17) is 4.74 Å². The first kappa shape index (κ1) is 17.8. The fourth-order valence-corrected chi connectivity index (χ4v) is 4.19. The monoisotopic (exact) mass is 372 g/mol. The first-order valence-electron chi connectivity index (χ1n) is 8.00. The van der Waals surface area contributed by atoms with Crippen LogP contribution < -0.4 is 10.1 Å². The Labute approximate surface area is 155 Å². The van der Waals surface area contributed by atoms with Crippen molar-refractivity contribution in [2.24, 2.45) is 0 Å². The molecule has 0 spiro atoms. The van der Waals surface area contributed by atoms with Gasteiger partial charge in [-0.1, -0.05) is 17.4 Å². The van der Waals surface area contributed by atoms with Gasteiger partial charge in [0.1, 0.15) is 5.75 Å². The van der Waals surface area contributed by atoms with E-state index in [9.17, 15) is 4.79 Å². The Kier molecular flexibility index (Phi) is 5.60. The van der Waals surface area contributed by atoms with Crippen LogP contribution in [0.1, 0.15) is 17.5 Å². The standard InChI is InChI=1S/C19H20N2O2S2/c1-12-4-9-16-18(13(12)2)21-19(25-16)20-17(22)10-11-24-15-7-5-14(23-3)6-8-15/h4-9H,10-11H2,1-3H3,(H,20,21,22). The number of carbonyl (C=O) groups excluding carboxylic acids is 1. The Morgan fingerprint density at radius 3 is 2.68 bits per heavy atom. The number of aryl methyl sites for hydroxylation is 2. The number of thioether (sulfide) groups is 1. The zero-order chi connectivity index (χ0) is 17.8. The van der Waals surface area contributed by atoms with E-state index in [0.29, 0.717) is 11.6 Å². The van der Waals surface area contributed by atoms with Gasteiger partial charge < -0.3 is 10.1 Å². The van der Waals surface area contributed by atoms with Crippen LogP contribution in [0, 0.1) is 13.8 Å². The van der Waals surface area contributed by atoms with Gasteiger partial charge in [0.05, 0.1) is 17.3 Å². The molecule has 1 aromatic heterocycles.